The molecule has 0 unspecified atom stereocenters. The minimum Gasteiger partial charge on any atom is -0.325 e. The minimum atomic E-state index is 0.328. The van der Waals surface area contributed by atoms with Gasteiger partial charge in [0, 0.05) is 24.3 Å². The normalized spacial score (nSPS) is 16.2. The Morgan fingerprint density at radius 1 is 1.50 bits per heavy atom. The van der Waals surface area contributed by atoms with Gasteiger partial charge in [0.1, 0.15) is 10.8 Å². The van der Waals surface area contributed by atoms with Crippen LogP contribution in [-0.2, 0) is 24.2 Å². The third kappa shape index (κ3) is 1.28. The number of rotatable bonds is 1. The van der Waals surface area contributed by atoms with Gasteiger partial charge in [-0.1, -0.05) is 0 Å². The van der Waals surface area contributed by atoms with Crippen LogP contribution >= 0.6 is 11.3 Å². The largest absolute Gasteiger partial charge is 0.325 e. The maximum absolute atomic E-state index is 11.1. The number of hydrogen-bond donors (Lipinski definition) is 1. The van der Waals surface area contributed by atoms with Gasteiger partial charge >= 0.3 is 0 Å². The van der Waals surface area contributed by atoms with Crippen molar-refractivity contribution in [3.05, 3.63) is 15.6 Å². The summed E-state index contributed by atoms with van der Waals surface area (Å²) in [7, 11) is 0. The van der Waals surface area contributed by atoms with E-state index in [1.54, 1.807) is 11.3 Å². The predicted octanol–water partition coefficient (Wildman–Crippen LogP) is 0.660. The van der Waals surface area contributed by atoms with E-state index in [-0.39, 0.29) is 0 Å². The van der Waals surface area contributed by atoms with Crippen LogP contribution in [0.4, 0.5) is 0 Å². The summed E-state index contributed by atoms with van der Waals surface area (Å²) in [5, 5.41) is 0.953. The van der Waals surface area contributed by atoms with Crippen LogP contribution in [0, 0.1) is 0 Å². The van der Waals surface area contributed by atoms with Gasteiger partial charge in [-0.3, -0.25) is 4.79 Å². The van der Waals surface area contributed by atoms with Crippen LogP contribution < -0.4 is 5.73 Å². The molecule has 0 spiro atoms. The summed E-state index contributed by atoms with van der Waals surface area (Å²) in [5.74, 6) is 0.328. The smallest absolute Gasteiger partial charge is 0.138 e. The monoisotopic (exact) mass is 182 g/mol. The molecule has 1 aliphatic rings. The number of aromatic nitrogens is 1. The molecule has 1 aliphatic carbocycles. The Balaban J connectivity index is 2.34. The van der Waals surface area contributed by atoms with Crippen molar-refractivity contribution in [3.63, 3.8) is 0 Å². The van der Waals surface area contributed by atoms with Gasteiger partial charge in [-0.2, -0.15) is 0 Å². The van der Waals surface area contributed by atoms with Crippen molar-refractivity contribution in [2.75, 3.05) is 0 Å². The second-order valence-corrected chi connectivity index (χ2v) is 4.07. The zero-order valence-electron chi connectivity index (χ0n) is 6.67. The average Bonchev–Trinajstić information content (AvgIpc) is 2.46. The van der Waals surface area contributed by atoms with Crippen LogP contribution in [0.5, 0.6) is 0 Å². The van der Waals surface area contributed by atoms with Crippen molar-refractivity contribution in [2.45, 2.75) is 25.8 Å². The van der Waals surface area contributed by atoms with Crippen LogP contribution in [0.15, 0.2) is 0 Å². The maximum atomic E-state index is 11.1. The first-order chi connectivity index (χ1) is 5.79. The molecule has 0 atom stereocenters. The lowest BCUT2D eigenvalue weighted by atomic mass is 10.0. The second-order valence-electron chi connectivity index (χ2n) is 2.90. The highest BCUT2D eigenvalue weighted by molar-refractivity contribution is 7.11. The van der Waals surface area contributed by atoms with Crippen LogP contribution in [0.2, 0.25) is 0 Å². The lowest BCUT2D eigenvalue weighted by Crippen LogP contribution is -2.11. The van der Waals surface area contributed by atoms with E-state index in [4.69, 9.17) is 5.73 Å². The molecule has 0 aliphatic heterocycles. The van der Waals surface area contributed by atoms with Gasteiger partial charge in [0.15, 0.2) is 0 Å². The lowest BCUT2D eigenvalue weighted by Gasteiger charge is -2.06. The van der Waals surface area contributed by atoms with Crippen LogP contribution in [0.25, 0.3) is 0 Å². The molecule has 0 amide bonds. The molecule has 2 N–H and O–H groups in total. The summed E-state index contributed by atoms with van der Waals surface area (Å²) in [6, 6.07) is 0. The summed E-state index contributed by atoms with van der Waals surface area (Å²) in [5.41, 5.74) is 6.56. The van der Waals surface area contributed by atoms with E-state index in [0.717, 1.165) is 22.0 Å². The molecule has 1 aromatic rings. The lowest BCUT2D eigenvalue weighted by molar-refractivity contribution is -0.118. The summed E-state index contributed by atoms with van der Waals surface area (Å²) in [4.78, 5) is 16.5. The van der Waals surface area contributed by atoms with Crippen LogP contribution in [0.3, 0.4) is 0 Å². The topological polar surface area (TPSA) is 56.0 Å². The highest BCUT2D eigenvalue weighted by Crippen LogP contribution is 2.24. The molecule has 1 heterocycles. The molecule has 1 aromatic heterocycles. The van der Waals surface area contributed by atoms with Gasteiger partial charge in [0.25, 0.3) is 0 Å². The van der Waals surface area contributed by atoms with Gasteiger partial charge in [-0.25, -0.2) is 4.98 Å². The third-order valence-electron chi connectivity index (χ3n) is 2.00. The van der Waals surface area contributed by atoms with Crippen LogP contribution in [-0.4, -0.2) is 10.8 Å². The number of nitrogens with zero attached hydrogens (tertiary/aromatic N) is 1. The summed E-state index contributed by atoms with van der Waals surface area (Å²) < 4.78 is 0. The molecule has 3 nitrogen and oxygen atoms in total. The van der Waals surface area contributed by atoms with Crippen molar-refractivity contribution in [2.24, 2.45) is 5.73 Å². The Kier molecular flexibility index (Phi) is 1.94. The number of hydrogen-bond acceptors (Lipinski definition) is 4. The number of nitrogens with two attached hydrogens (primary N) is 1. The van der Waals surface area contributed by atoms with Crippen LogP contribution in [0.1, 0.15) is 22.0 Å². The van der Waals surface area contributed by atoms with Gasteiger partial charge < -0.3 is 5.73 Å². The Bertz CT molecular complexity index is 319. The van der Waals surface area contributed by atoms with Gasteiger partial charge in [0.2, 0.25) is 0 Å². The van der Waals surface area contributed by atoms with E-state index in [1.165, 1.54) is 0 Å². The molecule has 64 valence electrons. The number of thiazole rings is 1. The highest BCUT2D eigenvalue weighted by Gasteiger charge is 2.19. The first-order valence-electron chi connectivity index (χ1n) is 3.99. The predicted molar refractivity (Wildman–Crippen MR) is 47.0 cm³/mol. The van der Waals surface area contributed by atoms with Crippen molar-refractivity contribution in [3.8, 4) is 0 Å². The first kappa shape index (κ1) is 7.89. The average molecular weight is 182 g/mol. The number of aryl methyl sites for hydroxylation is 1. The number of carbonyl (C=O) groups is 1. The molecule has 12 heavy (non-hydrogen) atoms. The van der Waals surface area contributed by atoms with Gasteiger partial charge in [-0.05, 0) is 6.42 Å². The summed E-state index contributed by atoms with van der Waals surface area (Å²) >= 11 is 1.58. The van der Waals surface area contributed by atoms with E-state index in [1.807, 2.05) is 0 Å². The van der Waals surface area contributed by atoms with Crippen molar-refractivity contribution >= 4 is 17.1 Å². The summed E-state index contributed by atoms with van der Waals surface area (Å²) in [6.45, 7) is 0.492. The zero-order chi connectivity index (χ0) is 8.55. The Morgan fingerprint density at radius 3 is 3.08 bits per heavy atom. The second kappa shape index (κ2) is 2.95. The van der Waals surface area contributed by atoms with E-state index in [9.17, 15) is 4.79 Å². The molecule has 0 fully saturated rings. The molecule has 0 saturated heterocycles. The third-order valence-corrected chi connectivity index (χ3v) is 3.12. The van der Waals surface area contributed by atoms with Gasteiger partial charge in [0.05, 0.1) is 5.69 Å². The standard InChI is InChI=1S/C8H10N2OS/c9-4-8-10-6-2-1-5(11)3-7(6)12-8/h1-4,9H2. The van der Waals surface area contributed by atoms with Crippen molar-refractivity contribution < 1.29 is 4.79 Å². The molecule has 0 aromatic carbocycles. The maximum Gasteiger partial charge on any atom is 0.138 e. The quantitative estimate of drug-likeness (QED) is 0.694. The number of Topliss-reactive ketones (excluding diaryl/α,β-unsaturated/α-hetero) is 1. The van der Waals surface area contributed by atoms with E-state index < -0.39 is 0 Å². The highest BCUT2D eigenvalue weighted by atomic mass is 32.1. The van der Waals surface area contributed by atoms with E-state index >= 15 is 0 Å². The molecule has 0 radical (unpaired) electrons. The first-order valence-corrected chi connectivity index (χ1v) is 4.80. The Labute approximate surface area is 74.6 Å². The molecular formula is C8H10N2OS. The van der Waals surface area contributed by atoms with Crippen molar-refractivity contribution in [1.29, 1.82) is 0 Å². The SMILES string of the molecule is NCc1nc2c(s1)CC(=O)CC2. The summed E-state index contributed by atoms with van der Waals surface area (Å²) in [6.07, 6.45) is 2.04. The molecule has 0 bridgehead atoms. The molecule has 0 saturated carbocycles. The van der Waals surface area contributed by atoms with Gasteiger partial charge in [-0.15, -0.1) is 11.3 Å². The Morgan fingerprint density at radius 2 is 2.33 bits per heavy atom. The fraction of sp³-hybridized carbons (Fsp3) is 0.500. The molecule has 4 heteroatoms. The fourth-order valence-corrected chi connectivity index (χ4v) is 2.41. The molecule has 2 rings (SSSR count). The number of ketones is 1. The fourth-order valence-electron chi connectivity index (χ4n) is 1.38. The minimum absolute atomic E-state index is 0.328. The molecular weight excluding hydrogens is 172 g/mol. The Hall–Kier alpha value is -0.740. The number of carbonyl (C=O) groups excluding carboxylic acids is 1. The number of fused-ring (bicyclic) bond motifs is 1. The zero-order valence-corrected chi connectivity index (χ0v) is 7.49. The van der Waals surface area contributed by atoms with E-state index in [0.29, 0.717) is 25.2 Å². The van der Waals surface area contributed by atoms with E-state index in [2.05, 4.69) is 4.98 Å². The van der Waals surface area contributed by atoms with Crippen molar-refractivity contribution in [1.82, 2.24) is 4.98 Å².